The van der Waals surface area contributed by atoms with Crippen LogP contribution in [0.3, 0.4) is 0 Å². The summed E-state index contributed by atoms with van der Waals surface area (Å²) in [5, 5.41) is 8.58. The van der Waals surface area contributed by atoms with Crippen LogP contribution in [0.25, 0.3) is 11.3 Å². The number of nitriles is 1. The fourth-order valence-corrected chi connectivity index (χ4v) is 1.81. The molecule has 1 heterocycles. The summed E-state index contributed by atoms with van der Waals surface area (Å²) in [7, 11) is 0. The van der Waals surface area contributed by atoms with E-state index < -0.39 is 0 Å². The highest BCUT2D eigenvalue weighted by Crippen LogP contribution is 2.18. The van der Waals surface area contributed by atoms with E-state index in [9.17, 15) is 0 Å². The van der Waals surface area contributed by atoms with Crippen LogP contribution in [0.2, 0.25) is 0 Å². The topological polar surface area (TPSA) is 52.5 Å². The molecule has 1 N–H and O–H groups in total. The lowest BCUT2D eigenvalue weighted by molar-refractivity contribution is 0.922. The molecule has 1 aromatic heterocycles. The molecule has 3 heteroatoms. The third-order valence-electron chi connectivity index (χ3n) is 2.68. The molecule has 0 saturated heterocycles. The van der Waals surface area contributed by atoms with Gasteiger partial charge in [0.05, 0.1) is 24.4 Å². The van der Waals surface area contributed by atoms with Gasteiger partial charge in [-0.05, 0) is 17.5 Å². The minimum absolute atomic E-state index is 0.327. The lowest BCUT2D eigenvalue weighted by Crippen LogP contribution is -1.85. The normalized spacial score (nSPS) is 10.1. The third kappa shape index (κ3) is 2.73. The second-order valence-electron chi connectivity index (χ2n) is 4.03. The molecular weight excluding hydrogens is 210 g/mol. The van der Waals surface area contributed by atoms with Crippen molar-refractivity contribution in [2.24, 2.45) is 0 Å². The molecule has 86 valence electrons. The molecule has 0 fully saturated rings. The molecule has 0 radical (unpaired) electrons. The maximum Gasteiger partial charge on any atom is 0.120 e. The van der Waals surface area contributed by atoms with Gasteiger partial charge in [-0.3, -0.25) is 0 Å². The molecule has 17 heavy (non-hydrogen) atoms. The highest BCUT2D eigenvalue weighted by molar-refractivity contribution is 5.58. The number of imidazole rings is 1. The van der Waals surface area contributed by atoms with Crippen molar-refractivity contribution in [3.05, 3.63) is 41.9 Å². The lowest BCUT2D eigenvalue weighted by Gasteiger charge is -2.00. The molecule has 2 rings (SSSR count). The summed E-state index contributed by atoms with van der Waals surface area (Å²) in [4.78, 5) is 7.31. The predicted octanol–water partition coefficient (Wildman–Crippen LogP) is 3.10. The van der Waals surface area contributed by atoms with Crippen LogP contribution in [-0.2, 0) is 12.8 Å². The Morgan fingerprint density at radius 3 is 2.71 bits per heavy atom. The predicted molar refractivity (Wildman–Crippen MR) is 67.3 cm³/mol. The van der Waals surface area contributed by atoms with E-state index in [2.05, 4.69) is 47.2 Å². The molecular formula is C14H15N3. The van der Waals surface area contributed by atoms with Gasteiger partial charge in [-0.15, -0.1) is 0 Å². The van der Waals surface area contributed by atoms with Gasteiger partial charge < -0.3 is 4.98 Å². The van der Waals surface area contributed by atoms with Crippen molar-refractivity contribution in [3.8, 4) is 17.3 Å². The maximum atomic E-state index is 8.58. The summed E-state index contributed by atoms with van der Waals surface area (Å²) in [6.07, 6.45) is 4.38. The van der Waals surface area contributed by atoms with Crippen molar-refractivity contribution in [1.82, 2.24) is 9.97 Å². The number of rotatable bonds is 4. The van der Waals surface area contributed by atoms with E-state index in [-0.39, 0.29) is 0 Å². The zero-order chi connectivity index (χ0) is 12.1. The zero-order valence-electron chi connectivity index (χ0n) is 9.90. The summed E-state index contributed by atoms with van der Waals surface area (Å²) >= 11 is 0. The Balaban J connectivity index is 2.18. The zero-order valence-corrected chi connectivity index (χ0v) is 9.90. The van der Waals surface area contributed by atoms with Gasteiger partial charge in [0.1, 0.15) is 5.82 Å². The molecule has 2 aromatic rings. The van der Waals surface area contributed by atoms with Crippen molar-refractivity contribution in [2.75, 3.05) is 0 Å². The van der Waals surface area contributed by atoms with Gasteiger partial charge in [-0.2, -0.15) is 5.26 Å². The molecule has 0 aliphatic rings. The van der Waals surface area contributed by atoms with E-state index in [0.717, 1.165) is 29.9 Å². The highest BCUT2D eigenvalue weighted by atomic mass is 14.9. The van der Waals surface area contributed by atoms with E-state index in [1.807, 2.05) is 0 Å². The van der Waals surface area contributed by atoms with Crippen molar-refractivity contribution in [1.29, 1.82) is 5.26 Å². The fourth-order valence-electron chi connectivity index (χ4n) is 1.81. The Hall–Kier alpha value is -2.08. The lowest BCUT2D eigenvalue weighted by atomic mass is 10.1. The van der Waals surface area contributed by atoms with Crippen LogP contribution in [0.4, 0.5) is 0 Å². The summed E-state index contributed by atoms with van der Waals surface area (Å²) in [6.45, 7) is 2.18. The number of aromatic amines is 1. The maximum absolute atomic E-state index is 8.58. The summed E-state index contributed by atoms with van der Waals surface area (Å²) in [5.41, 5.74) is 3.44. The molecule has 0 spiro atoms. The molecule has 0 bridgehead atoms. The summed E-state index contributed by atoms with van der Waals surface area (Å²) in [6, 6.07) is 10.5. The largest absolute Gasteiger partial charge is 0.341 e. The highest BCUT2D eigenvalue weighted by Gasteiger charge is 2.02. The van der Waals surface area contributed by atoms with E-state index in [4.69, 9.17) is 5.26 Å². The van der Waals surface area contributed by atoms with E-state index >= 15 is 0 Å². The van der Waals surface area contributed by atoms with Crippen LogP contribution in [0.5, 0.6) is 0 Å². The van der Waals surface area contributed by atoms with Crippen molar-refractivity contribution in [3.63, 3.8) is 0 Å². The van der Waals surface area contributed by atoms with Gasteiger partial charge in [-0.1, -0.05) is 37.6 Å². The number of nitrogens with one attached hydrogen (secondary N) is 1. The second kappa shape index (κ2) is 5.31. The first-order valence-electron chi connectivity index (χ1n) is 5.83. The minimum Gasteiger partial charge on any atom is -0.341 e. The van der Waals surface area contributed by atoms with Gasteiger partial charge in [0, 0.05) is 0 Å². The van der Waals surface area contributed by atoms with Crippen molar-refractivity contribution >= 4 is 0 Å². The number of benzene rings is 1. The first-order valence-corrected chi connectivity index (χ1v) is 5.83. The molecule has 1 aromatic carbocycles. The molecule has 0 unspecified atom stereocenters. The van der Waals surface area contributed by atoms with Gasteiger partial charge in [0.15, 0.2) is 0 Å². The first kappa shape index (κ1) is 11.4. The quantitative estimate of drug-likeness (QED) is 0.869. The Kier molecular flexibility index (Phi) is 3.56. The Bertz CT molecular complexity index is 517. The standard InChI is InChI=1S/C14H15N3/c1-2-3-11-4-6-12(7-5-11)13-10-16-14(17-13)8-9-15/h4-7,10H,2-3,8H2,1H3,(H,16,17). The first-order chi connectivity index (χ1) is 8.33. The summed E-state index contributed by atoms with van der Waals surface area (Å²) in [5.74, 6) is 0.722. The average molecular weight is 225 g/mol. The third-order valence-corrected chi connectivity index (χ3v) is 2.68. The Morgan fingerprint density at radius 1 is 1.29 bits per heavy atom. The number of hydrogen-bond acceptors (Lipinski definition) is 2. The molecule has 3 nitrogen and oxygen atoms in total. The van der Waals surface area contributed by atoms with Crippen LogP contribution < -0.4 is 0 Å². The summed E-state index contributed by atoms with van der Waals surface area (Å²) < 4.78 is 0. The molecule has 0 aliphatic carbocycles. The second-order valence-corrected chi connectivity index (χ2v) is 4.03. The van der Waals surface area contributed by atoms with E-state index in [1.54, 1.807) is 6.20 Å². The van der Waals surface area contributed by atoms with Gasteiger partial charge in [-0.25, -0.2) is 4.98 Å². The van der Waals surface area contributed by atoms with Crippen LogP contribution in [0.15, 0.2) is 30.5 Å². The fraction of sp³-hybridized carbons (Fsp3) is 0.286. The van der Waals surface area contributed by atoms with Gasteiger partial charge >= 0.3 is 0 Å². The minimum atomic E-state index is 0.327. The van der Waals surface area contributed by atoms with Gasteiger partial charge in [0.25, 0.3) is 0 Å². The SMILES string of the molecule is CCCc1ccc(-c2cnc(CC#N)[nH]2)cc1. The Morgan fingerprint density at radius 2 is 2.06 bits per heavy atom. The molecule has 0 amide bonds. The number of nitrogens with zero attached hydrogens (tertiary/aromatic N) is 2. The molecule has 0 atom stereocenters. The monoisotopic (exact) mass is 225 g/mol. The van der Waals surface area contributed by atoms with Gasteiger partial charge in [0.2, 0.25) is 0 Å². The average Bonchev–Trinajstić information content (AvgIpc) is 2.80. The van der Waals surface area contributed by atoms with Crippen LogP contribution in [0, 0.1) is 11.3 Å². The smallest absolute Gasteiger partial charge is 0.120 e. The van der Waals surface area contributed by atoms with Crippen molar-refractivity contribution < 1.29 is 0 Å². The molecule has 0 saturated carbocycles. The number of aromatic nitrogens is 2. The van der Waals surface area contributed by atoms with Crippen LogP contribution in [-0.4, -0.2) is 9.97 Å². The molecule has 0 aliphatic heterocycles. The number of aryl methyl sites for hydroxylation is 1. The number of hydrogen-bond donors (Lipinski definition) is 1. The van der Waals surface area contributed by atoms with Crippen LogP contribution in [0.1, 0.15) is 24.7 Å². The van der Waals surface area contributed by atoms with E-state index in [0.29, 0.717) is 6.42 Å². The van der Waals surface area contributed by atoms with Crippen molar-refractivity contribution in [2.45, 2.75) is 26.2 Å². The Labute approximate surface area is 101 Å². The van der Waals surface area contributed by atoms with Crippen LogP contribution >= 0.6 is 0 Å². The number of H-pyrrole nitrogens is 1. The van der Waals surface area contributed by atoms with E-state index in [1.165, 1.54) is 5.56 Å².